The average molecular weight is 403 g/mol. The molecular formula is C18H16ClFN6O2. The molecular weight excluding hydrogens is 387 g/mol. The summed E-state index contributed by atoms with van der Waals surface area (Å²) in [6, 6.07) is 3.71. The topological polar surface area (TPSA) is 89.9 Å². The van der Waals surface area contributed by atoms with Crippen LogP contribution in [0.1, 0.15) is 53.7 Å². The molecule has 5 rings (SSSR count). The largest absolute Gasteiger partial charge is 0.330 e. The van der Waals surface area contributed by atoms with E-state index in [0.717, 1.165) is 18.9 Å². The van der Waals surface area contributed by atoms with Gasteiger partial charge in [0.15, 0.2) is 11.6 Å². The van der Waals surface area contributed by atoms with Crippen molar-refractivity contribution in [2.24, 2.45) is 0 Å². The van der Waals surface area contributed by atoms with Gasteiger partial charge in [0, 0.05) is 24.6 Å². The van der Waals surface area contributed by atoms with Crippen molar-refractivity contribution in [3.63, 3.8) is 0 Å². The molecule has 28 heavy (non-hydrogen) atoms. The van der Waals surface area contributed by atoms with Crippen molar-refractivity contribution in [3.8, 4) is 11.7 Å². The molecule has 2 aliphatic rings. The van der Waals surface area contributed by atoms with Crippen molar-refractivity contribution in [1.82, 2.24) is 29.8 Å². The van der Waals surface area contributed by atoms with E-state index in [1.807, 2.05) is 11.5 Å². The van der Waals surface area contributed by atoms with E-state index in [2.05, 4.69) is 20.3 Å². The number of carbonyl (C=O) groups excluding carboxylic acids is 1. The second-order valence-electron chi connectivity index (χ2n) is 7.07. The standard InChI is InChI=1S/C18H16ClFN6O2/c1-9-15-22-23-16(17-21-14(24-28-17)10-2-3-10)26(15)7-6-25(9)18(27)11-4-5-12(19)13(20)8-11/h4-5,8-10H,2-3,6-7H2,1H3/t9-/m1/s1. The second kappa shape index (κ2) is 6.37. The van der Waals surface area contributed by atoms with Gasteiger partial charge in [-0.3, -0.25) is 4.79 Å². The van der Waals surface area contributed by atoms with Crippen LogP contribution in [0.15, 0.2) is 22.7 Å². The van der Waals surface area contributed by atoms with Crippen molar-refractivity contribution in [2.75, 3.05) is 6.54 Å². The Bertz CT molecular complexity index is 1080. The van der Waals surface area contributed by atoms with Gasteiger partial charge in [-0.2, -0.15) is 4.98 Å². The van der Waals surface area contributed by atoms with Crippen LogP contribution >= 0.6 is 11.6 Å². The van der Waals surface area contributed by atoms with Crippen LogP contribution in [-0.2, 0) is 6.54 Å². The molecule has 0 saturated heterocycles. The highest BCUT2D eigenvalue weighted by molar-refractivity contribution is 6.30. The van der Waals surface area contributed by atoms with Gasteiger partial charge in [0.25, 0.3) is 11.8 Å². The number of amides is 1. The van der Waals surface area contributed by atoms with Gasteiger partial charge in [-0.25, -0.2) is 4.39 Å². The smallest absolute Gasteiger partial charge is 0.295 e. The first-order valence-electron chi connectivity index (χ1n) is 9.06. The lowest BCUT2D eigenvalue weighted by molar-refractivity contribution is 0.0637. The molecule has 0 radical (unpaired) electrons. The maximum absolute atomic E-state index is 13.7. The summed E-state index contributed by atoms with van der Waals surface area (Å²) in [6.07, 6.45) is 2.16. The highest BCUT2D eigenvalue weighted by atomic mass is 35.5. The van der Waals surface area contributed by atoms with Crippen molar-refractivity contribution in [1.29, 1.82) is 0 Å². The molecule has 0 unspecified atom stereocenters. The zero-order valence-corrected chi connectivity index (χ0v) is 15.7. The molecule has 0 spiro atoms. The first-order chi connectivity index (χ1) is 13.5. The Labute approximate surface area is 164 Å². The molecule has 3 aromatic rings. The number of hydrogen-bond acceptors (Lipinski definition) is 6. The number of hydrogen-bond donors (Lipinski definition) is 0. The van der Waals surface area contributed by atoms with E-state index < -0.39 is 5.82 Å². The van der Waals surface area contributed by atoms with E-state index in [1.54, 1.807) is 4.90 Å². The lowest BCUT2D eigenvalue weighted by Crippen LogP contribution is -2.41. The summed E-state index contributed by atoms with van der Waals surface area (Å²) in [4.78, 5) is 18.9. The number of aromatic nitrogens is 5. The fourth-order valence-electron chi connectivity index (χ4n) is 3.45. The van der Waals surface area contributed by atoms with Crippen molar-refractivity contribution in [3.05, 3.63) is 46.3 Å². The summed E-state index contributed by atoms with van der Waals surface area (Å²) >= 11 is 5.71. The van der Waals surface area contributed by atoms with Gasteiger partial charge in [-0.15, -0.1) is 10.2 Å². The van der Waals surface area contributed by atoms with Crippen LogP contribution in [-0.4, -0.2) is 42.3 Å². The Morgan fingerprint density at radius 3 is 2.86 bits per heavy atom. The Hall–Kier alpha value is -2.81. The number of carbonyl (C=O) groups is 1. The minimum absolute atomic E-state index is 0.0160. The zero-order chi connectivity index (χ0) is 19.4. The third kappa shape index (κ3) is 2.77. The summed E-state index contributed by atoms with van der Waals surface area (Å²) in [6.45, 7) is 2.76. The summed E-state index contributed by atoms with van der Waals surface area (Å²) in [5, 5.41) is 12.4. The fraction of sp³-hybridized carbons (Fsp3) is 0.389. The second-order valence-corrected chi connectivity index (χ2v) is 7.48. The number of fused-ring (bicyclic) bond motifs is 1. The molecule has 1 amide bonds. The Morgan fingerprint density at radius 2 is 2.11 bits per heavy atom. The summed E-state index contributed by atoms with van der Waals surface area (Å²) < 4.78 is 21.0. The maximum atomic E-state index is 13.7. The van der Waals surface area contributed by atoms with Crippen molar-refractivity contribution < 1.29 is 13.7 Å². The molecule has 2 aromatic heterocycles. The molecule has 1 aromatic carbocycles. The van der Waals surface area contributed by atoms with Gasteiger partial charge in [-0.05, 0) is 38.0 Å². The predicted octanol–water partition coefficient (Wildman–Crippen LogP) is 3.22. The van der Waals surface area contributed by atoms with E-state index >= 15 is 0 Å². The number of benzene rings is 1. The first kappa shape index (κ1) is 17.3. The first-order valence-corrected chi connectivity index (χ1v) is 9.44. The zero-order valence-electron chi connectivity index (χ0n) is 15.0. The monoisotopic (exact) mass is 402 g/mol. The lowest BCUT2D eigenvalue weighted by Gasteiger charge is -2.33. The minimum Gasteiger partial charge on any atom is -0.330 e. The molecule has 1 aliphatic carbocycles. The number of nitrogens with zero attached hydrogens (tertiary/aromatic N) is 6. The van der Waals surface area contributed by atoms with E-state index in [0.29, 0.717) is 42.4 Å². The van der Waals surface area contributed by atoms with Crippen LogP contribution in [0.3, 0.4) is 0 Å². The van der Waals surface area contributed by atoms with Gasteiger partial charge in [0.1, 0.15) is 5.82 Å². The predicted molar refractivity (Wildman–Crippen MR) is 96.2 cm³/mol. The molecule has 1 saturated carbocycles. The average Bonchev–Trinajstić information content (AvgIpc) is 3.25. The molecule has 1 fully saturated rings. The fourth-order valence-corrected chi connectivity index (χ4v) is 3.57. The van der Waals surface area contributed by atoms with Crippen LogP contribution in [0, 0.1) is 5.82 Å². The van der Waals surface area contributed by atoms with Gasteiger partial charge < -0.3 is 14.0 Å². The molecule has 0 N–H and O–H groups in total. The maximum Gasteiger partial charge on any atom is 0.295 e. The number of rotatable bonds is 3. The van der Waals surface area contributed by atoms with E-state index in [9.17, 15) is 9.18 Å². The summed E-state index contributed by atoms with van der Waals surface area (Å²) in [7, 11) is 0. The third-order valence-corrected chi connectivity index (χ3v) is 5.49. The molecule has 8 nitrogen and oxygen atoms in total. The van der Waals surface area contributed by atoms with Crippen LogP contribution in [0.5, 0.6) is 0 Å². The summed E-state index contributed by atoms with van der Waals surface area (Å²) in [5.41, 5.74) is 0.243. The van der Waals surface area contributed by atoms with E-state index in [4.69, 9.17) is 16.1 Å². The van der Waals surface area contributed by atoms with Crippen LogP contribution in [0.2, 0.25) is 5.02 Å². The SMILES string of the molecule is C[C@@H]1c2nnc(-c3nc(C4CC4)no3)n2CCN1C(=O)c1ccc(Cl)c(F)c1. The highest BCUT2D eigenvalue weighted by Crippen LogP contribution is 2.39. The Balaban J connectivity index is 1.42. The van der Waals surface area contributed by atoms with Crippen molar-refractivity contribution >= 4 is 17.5 Å². The molecule has 3 heterocycles. The van der Waals surface area contributed by atoms with Crippen LogP contribution in [0.25, 0.3) is 11.7 Å². The van der Waals surface area contributed by atoms with Crippen molar-refractivity contribution in [2.45, 2.75) is 38.3 Å². The van der Waals surface area contributed by atoms with Gasteiger partial charge in [-0.1, -0.05) is 16.8 Å². The Morgan fingerprint density at radius 1 is 1.29 bits per heavy atom. The van der Waals surface area contributed by atoms with Crippen LogP contribution in [0.4, 0.5) is 4.39 Å². The van der Waals surface area contributed by atoms with Gasteiger partial charge >= 0.3 is 0 Å². The minimum atomic E-state index is -0.620. The van der Waals surface area contributed by atoms with E-state index in [-0.39, 0.29) is 22.5 Å². The molecule has 144 valence electrons. The van der Waals surface area contributed by atoms with E-state index in [1.165, 1.54) is 12.1 Å². The third-order valence-electron chi connectivity index (χ3n) is 5.19. The number of halogens is 2. The summed E-state index contributed by atoms with van der Waals surface area (Å²) in [5.74, 6) is 1.65. The molecule has 1 aliphatic heterocycles. The lowest BCUT2D eigenvalue weighted by atomic mass is 10.1. The van der Waals surface area contributed by atoms with Gasteiger partial charge in [0.05, 0.1) is 11.1 Å². The molecule has 0 bridgehead atoms. The highest BCUT2D eigenvalue weighted by Gasteiger charge is 2.34. The quantitative estimate of drug-likeness (QED) is 0.668. The van der Waals surface area contributed by atoms with Gasteiger partial charge in [0.2, 0.25) is 5.82 Å². The molecule has 10 heteroatoms. The Kier molecular flexibility index (Phi) is 3.94. The normalized spacial score (nSPS) is 19.0. The van der Waals surface area contributed by atoms with Crippen LogP contribution < -0.4 is 0 Å². The molecule has 1 atom stereocenters.